The van der Waals surface area contributed by atoms with Crippen LogP contribution in [0.15, 0.2) is 6.07 Å². The minimum absolute atomic E-state index is 0.138. The number of hydrogen-bond donors (Lipinski definition) is 2. The Labute approximate surface area is 88.4 Å². The first kappa shape index (κ1) is 11.9. The highest BCUT2D eigenvalue weighted by Gasteiger charge is 2.32. The van der Waals surface area contributed by atoms with Crippen molar-refractivity contribution in [2.75, 3.05) is 11.5 Å². The summed E-state index contributed by atoms with van der Waals surface area (Å²) < 4.78 is 39.6. The Morgan fingerprint density at radius 3 is 2.56 bits per heavy atom. The van der Waals surface area contributed by atoms with Gasteiger partial charge in [0.1, 0.15) is 5.82 Å². The lowest BCUT2D eigenvalue weighted by Crippen LogP contribution is -2.19. The molecule has 8 heteroatoms. The molecule has 0 amide bonds. The fraction of sp³-hybridized carbons (Fsp3) is 0.250. The average Bonchev–Trinajstić information content (AvgIpc) is 2.11. The Balaban J connectivity index is 3.15. The number of alkyl halides is 3. The molecule has 4 N–H and O–H groups in total. The van der Waals surface area contributed by atoms with Crippen molar-refractivity contribution in [2.45, 2.75) is 12.8 Å². The van der Waals surface area contributed by atoms with Gasteiger partial charge < -0.3 is 16.2 Å². The Bertz CT molecular complexity index is 438. The summed E-state index contributed by atoms with van der Waals surface area (Å²) in [5.41, 5.74) is 10.2. The molecule has 0 spiro atoms. The fourth-order valence-electron chi connectivity index (χ4n) is 0.978. The van der Waals surface area contributed by atoms with E-state index >= 15 is 0 Å². The number of rotatable bonds is 2. The molecule has 0 atom stereocenters. The van der Waals surface area contributed by atoms with Crippen LogP contribution in [0.4, 0.5) is 24.7 Å². The van der Waals surface area contributed by atoms with Gasteiger partial charge in [-0.25, -0.2) is 4.98 Å². The van der Waals surface area contributed by atoms with Crippen LogP contribution in [0.1, 0.15) is 5.69 Å². The van der Waals surface area contributed by atoms with Gasteiger partial charge in [0.2, 0.25) is 0 Å². The van der Waals surface area contributed by atoms with E-state index in [2.05, 4.69) is 9.72 Å². The van der Waals surface area contributed by atoms with Crippen molar-refractivity contribution < 1.29 is 17.9 Å². The van der Waals surface area contributed by atoms with Gasteiger partial charge in [0.25, 0.3) is 0 Å². The second kappa shape index (κ2) is 4.14. The van der Waals surface area contributed by atoms with Gasteiger partial charge in [-0.1, -0.05) is 0 Å². The first-order valence-corrected chi connectivity index (χ1v) is 4.01. The second-order valence-corrected chi connectivity index (χ2v) is 2.79. The number of nitrogens with zero attached hydrogens (tertiary/aromatic N) is 2. The molecule has 1 heterocycles. The number of pyridine rings is 1. The number of anilines is 2. The third-order valence-corrected chi connectivity index (χ3v) is 1.59. The molecule has 1 rings (SSSR count). The highest BCUT2D eigenvalue weighted by atomic mass is 19.4. The summed E-state index contributed by atoms with van der Waals surface area (Å²) in [6.45, 7) is 0. The summed E-state index contributed by atoms with van der Waals surface area (Å²) in [5, 5.41) is 8.40. The van der Waals surface area contributed by atoms with Crippen LogP contribution in [0.3, 0.4) is 0 Å². The molecule has 0 saturated carbocycles. The lowest BCUT2D eigenvalue weighted by atomic mass is 10.2. The van der Waals surface area contributed by atoms with Crippen LogP contribution in [0.5, 0.6) is 5.75 Å². The number of ether oxygens (including phenoxy) is 1. The molecule has 0 aliphatic rings. The standard InChI is InChI=1S/C8H7F3N4O/c9-8(10,11)16-6-3-4(13)7(14)15-5(6)1-2-12/h3H,1,13H2,(H2,14,15). The van der Waals surface area contributed by atoms with E-state index in [9.17, 15) is 13.2 Å². The third kappa shape index (κ3) is 2.91. The van der Waals surface area contributed by atoms with E-state index < -0.39 is 12.1 Å². The first-order valence-electron chi connectivity index (χ1n) is 4.01. The maximum atomic E-state index is 12.0. The van der Waals surface area contributed by atoms with Gasteiger partial charge in [0, 0.05) is 6.07 Å². The summed E-state index contributed by atoms with van der Waals surface area (Å²) in [5.74, 6) is -0.750. The molecule has 0 saturated heterocycles. The number of hydrogen-bond acceptors (Lipinski definition) is 5. The molecule has 0 aliphatic carbocycles. The van der Waals surface area contributed by atoms with Gasteiger partial charge in [-0.15, -0.1) is 13.2 Å². The maximum absolute atomic E-state index is 12.0. The summed E-state index contributed by atoms with van der Waals surface area (Å²) in [6.07, 6.45) is -5.22. The molecule has 0 unspecified atom stereocenters. The van der Waals surface area contributed by atoms with Gasteiger partial charge >= 0.3 is 6.36 Å². The number of nitrogens with two attached hydrogens (primary N) is 2. The predicted molar refractivity (Wildman–Crippen MR) is 49.1 cm³/mol. The van der Waals surface area contributed by atoms with Crippen LogP contribution in [0.25, 0.3) is 0 Å². The Hall–Kier alpha value is -2.17. The molecule has 0 radical (unpaired) electrons. The van der Waals surface area contributed by atoms with Crippen LogP contribution in [0, 0.1) is 11.3 Å². The van der Waals surface area contributed by atoms with E-state index in [0.29, 0.717) is 0 Å². The predicted octanol–water partition coefficient (Wildman–Crippen LogP) is 1.21. The Kier molecular flexibility index (Phi) is 3.08. The minimum atomic E-state index is -4.87. The lowest BCUT2D eigenvalue weighted by Gasteiger charge is -2.12. The zero-order valence-electron chi connectivity index (χ0n) is 7.88. The molecule has 0 aromatic carbocycles. The second-order valence-electron chi connectivity index (χ2n) is 2.79. The van der Waals surface area contributed by atoms with E-state index in [1.165, 1.54) is 0 Å². The summed E-state index contributed by atoms with van der Waals surface area (Å²) in [4.78, 5) is 3.55. The SMILES string of the molecule is N#CCc1nc(N)c(N)cc1OC(F)(F)F. The zero-order chi connectivity index (χ0) is 12.3. The van der Waals surface area contributed by atoms with Crippen LogP contribution in [0.2, 0.25) is 0 Å². The molecule has 0 fully saturated rings. The minimum Gasteiger partial charge on any atom is -0.404 e. The fourth-order valence-corrected chi connectivity index (χ4v) is 0.978. The Morgan fingerprint density at radius 1 is 1.44 bits per heavy atom. The monoisotopic (exact) mass is 232 g/mol. The number of aromatic nitrogens is 1. The largest absolute Gasteiger partial charge is 0.573 e. The average molecular weight is 232 g/mol. The van der Waals surface area contributed by atoms with Crippen LogP contribution in [-0.4, -0.2) is 11.3 Å². The van der Waals surface area contributed by atoms with E-state index in [-0.39, 0.29) is 23.6 Å². The summed E-state index contributed by atoms with van der Waals surface area (Å²) in [7, 11) is 0. The Morgan fingerprint density at radius 2 is 2.06 bits per heavy atom. The van der Waals surface area contributed by atoms with Gasteiger partial charge in [-0.3, -0.25) is 0 Å². The first-order chi connectivity index (χ1) is 7.33. The van der Waals surface area contributed by atoms with Crippen molar-refractivity contribution in [3.8, 4) is 11.8 Å². The van der Waals surface area contributed by atoms with E-state index in [1.807, 2.05) is 0 Å². The van der Waals surface area contributed by atoms with Gasteiger partial charge in [0.05, 0.1) is 23.9 Å². The van der Waals surface area contributed by atoms with Crippen molar-refractivity contribution in [1.29, 1.82) is 5.26 Å². The quantitative estimate of drug-likeness (QED) is 0.798. The van der Waals surface area contributed by atoms with Crippen LogP contribution < -0.4 is 16.2 Å². The van der Waals surface area contributed by atoms with E-state index in [1.54, 1.807) is 6.07 Å². The molecule has 0 aliphatic heterocycles. The number of nitrogen functional groups attached to an aromatic ring is 2. The highest BCUT2D eigenvalue weighted by Crippen LogP contribution is 2.29. The molecule has 86 valence electrons. The van der Waals surface area contributed by atoms with Crippen molar-refractivity contribution in [2.24, 2.45) is 0 Å². The molecule has 1 aromatic rings. The molecular weight excluding hydrogens is 225 g/mol. The van der Waals surface area contributed by atoms with Crippen LogP contribution in [-0.2, 0) is 6.42 Å². The highest BCUT2D eigenvalue weighted by molar-refractivity contribution is 5.61. The van der Waals surface area contributed by atoms with Crippen molar-refractivity contribution >= 4 is 11.5 Å². The molecular formula is C8H7F3N4O. The van der Waals surface area contributed by atoms with E-state index in [4.69, 9.17) is 16.7 Å². The molecule has 5 nitrogen and oxygen atoms in total. The normalized spacial score (nSPS) is 10.9. The smallest absolute Gasteiger partial charge is 0.404 e. The van der Waals surface area contributed by atoms with Gasteiger partial charge in [0.15, 0.2) is 5.75 Å². The topological polar surface area (TPSA) is 98.0 Å². The maximum Gasteiger partial charge on any atom is 0.573 e. The van der Waals surface area contributed by atoms with Crippen molar-refractivity contribution in [3.63, 3.8) is 0 Å². The number of halogens is 3. The van der Waals surface area contributed by atoms with Crippen LogP contribution >= 0.6 is 0 Å². The molecule has 1 aromatic heterocycles. The van der Waals surface area contributed by atoms with E-state index in [0.717, 1.165) is 6.07 Å². The molecule has 0 bridgehead atoms. The lowest BCUT2D eigenvalue weighted by molar-refractivity contribution is -0.275. The van der Waals surface area contributed by atoms with Crippen molar-refractivity contribution in [3.05, 3.63) is 11.8 Å². The summed E-state index contributed by atoms with van der Waals surface area (Å²) in [6, 6.07) is 2.54. The molecule has 16 heavy (non-hydrogen) atoms. The number of nitriles is 1. The van der Waals surface area contributed by atoms with Gasteiger partial charge in [-0.05, 0) is 0 Å². The third-order valence-electron chi connectivity index (χ3n) is 1.59. The van der Waals surface area contributed by atoms with Crippen molar-refractivity contribution in [1.82, 2.24) is 4.98 Å². The zero-order valence-corrected chi connectivity index (χ0v) is 7.88. The summed E-state index contributed by atoms with van der Waals surface area (Å²) >= 11 is 0. The van der Waals surface area contributed by atoms with Gasteiger partial charge in [-0.2, -0.15) is 5.26 Å².